The SMILES string of the molecule is CC(C)C(C(=O)Nc1cnc(-n2cccn2)nc1O)c1ccc(P(=O)(O)O)cc1. The number of nitrogens with zero attached hydrogens (tertiary/aromatic N) is 4. The van der Waals surface area contributed by atoms with Crippen molar-refractivity contribution in [1.82, 2.24) is 19.7 Å². The first-order valence-electron chi connectivity index (χ1n) is 8.70. The van der Waals surface area contributed by atoms with Crippen molar-refractivity contribution < 1.29 is 24.3 Å². The second kappa shape index (κ2) is 8.12. The molecule has 29 heavy (non-hydrogen) atoms. The standard InChI is InChI=1S/C18H20N5O5P/c1-11(2)15(12-4-6-13(7-5-12)29(26,27)28)17(25)21-14-10-19-18(22-16(14)24)23-9-3-8-20-23/h3-11,15H,1-2H3,(H,21,25)(H,19,22,24)(H2,26,27,28). The van der Waals surface area contributed by atoms with Gasteiger partial charge >= 0.3 is 7.60 Å². The predicted octanol–water partition coefficient (Wildman–Crippen LogP) is 1.55. The Bertz CT molecular complexity index is 1050. The van der Waals surface area contributed by atoms with Gasteiger partial charge in [-0.05, 0) is 29.7 Å². The number of aromatic nitrogens is 4. The molecule has 3 rings (SSSR count). The van der Waals surface area contributed by atoms with Gasteiger partial charge in [0, 0.05) is 12.4 Å². The van der Waals surface area contributed by atoms with Crippen LogP contribution >= 0.6 is 7.60 Å². The van der Waals surface area contributed by atoms with Gasteiger partial charge in [0.05, 0.1) is 17.4 Å². The van der Waals surface area contributed by atoms with Gasteiger partial charge in [0.25, 0.3) is 5.95 Å². The van der Waals surface area contributed by atoms with E-state index in [0.717, 1.165) is 0 Å². The highest BCUT2D eigenvalue weighted by molar-refractivity contribution is 7.60. The fourth-order valence-corrected chi connectivity index (χ4v) is 3.41. The van der Waals surface area contributed by atoms with Gasteiger partial charge < -0.3 is 20.2 Å². The Morgan fingerprint density at radius 3 is 2.41 bits per heavy atom. The van der Waals surface area contributed by atoms with Crippen molar-refractivity contribution in [3.05, 3.63) is 54.5 Å². The highest BCUT2D eigenvalue weighted by Gasteiger charge is 2.26. The van der Waals surface area contributed by atoms with E-state index in [1.165, 1.54) is 35.1 Å². The van der Waals surface area contributed by atoms with E-state index in [4.69, 9.17) is 0 Å². The number of hydrogen-bond acceptors (Lipinski definition) is 6. The Kier molecular flexibility index (Phi) is 5.78. The number of amides is 1. The molecule has 1 aromatic carbocycles. The summed E-state index contributed by atoms with van der Waals surface area (Å²) in [5.74, 6) is -1.40. The monoisotopic (exact) mass is 417 g/mol. The molecule has 1 amide bonds. The molecule has 3 aromatic rings. The van der Waals surface area contributed by atoms with Crippen molar-refractivity contribution in [2.75, 3.05) is 5.32 Å². The number of rotatable bonds is 6. The first kappa shape index (κ1) is 20.7. The molecule has 1 atom stereocenters. The van der Waals surface area contributed by atoms with Gasteiger partial charge in [-0.2, -0.15) is 10.1 Å². The molecular formula is C18H20N5O5P. The topological polar surface area (TPSA) is 150 Å². The Morgan fingerprint density at radius 2 is 1.90 bits per heavy atom. The Balaban J connectivity index is 1.82. The zero-order chi connectivity index (χ0) is 21.2. The zero-order valence-corrected chi connectivity index (χ0v) is 16.6. The van der Waals surface area contributed by atoms with Gasteiger partial charge in [-0.15, -0.1) is 0 Å². The molecule has 4 N–H and O–H groups in total. The van der Waals surface area contributed by atoms with E-state index in [2.05, 4.69) is 20.4 Å². The summed E-state index contributed by atoms with van der Waals surface area (Å²) in [5.41, 5.74) is 0.631. The third-order valence-corrected chi connectivity index (χ3v) is 5.23. The van der Waals surface area contributed by atoms with E-state index in [0.29, 0.717) is 5.56 Å². The molecule has 152 valence electrons. The summed E-state index contributed by atoms with van der Waals surface area (Å²) < 4.78 is 12.7. The molecular weight excluding hydrogens is 397 g/mol. The zero-order valence-electron chi connectivity index (χ0n) is 15.7. The minimum Gasteiger partial charge on any atom is -0.492 e. The lowest BCUT2D eigenvalue weighted by molar-refractivity contribution is -0.118. The molecule has 0 saturated heterocycles. The summed E-state index contributed by atoms with van der Waals surface area (Å²) in [7, 11) is -4.36. The van der Waals surface area contributed by atoms with E-state index in [1.807, 2.05) is 13.8 Å². The Morgan fingerprint density at radius 1 is 1.21 bits per heavy atom. The first-order chi connectivity index (χ1) is 13.7. The quantitative estimate of drug-likeness (QED) is 0.441. The second-order valence-corrected chi connectivity index (χ2v) is 8.31. The van der Waals surface area contributed by atoms with Gasteiger partial charge in [0.1, 0.15) is 5.69 Å². The van der Waals surface area contributed by atoms with E-state index in [1.54, 1.807) is 18.5 Å². The van der Waals surface area contributed by atoms with Gasteiger partial charge in [0.15, 0.2) is 0 Å². The fourth-order valence-electron chi connectivity index (χ4n) is 2.87. The molecule has 0 spiro atoms. The average Bonchev–Trinajstić information content (AvgIpc) is 3.17. The van der Waals surface area contributed by atoms with Crippen LogP contribution in [0, 0.1) is 5.92 Å². The highest BCUT2D eigenvalue weighted by Crippen LogP contribution is 2.34. The molecule has 0 fully saturated rings. The van der Waals surface area contributed by atoms with Crippen LogP contribution in [0.3, 0.4) is 0 Å². The molecule has 2 aromatic heterocycles. The molecule has 0 saturated carbocycles. The number of aromatic hydroxyl groups is 1. The molecule has 0 radical (unpaired) electrons. The van der Waals surface area contributed by atoms with Crippen molar-refractivity contribution in [3.63, 3.8) is 0 Å². The maximum Gasteiger partial charge on any atom is 0.356 e. The molecule has 2 heterocycles. The lowest BCUT2D eigenvalue weighted by Crippen LogP contribution is -2.25. The van der Waals surface area contributed by atoms with Crippen LogP contribution in [-0.2, 0) is 9.36 Å². The molecule has 10 nitrogen and oxygen atoms in total. The number of carbonyl (C=O) groups excluding carboxylic acids is 1. The van der Waals surface area contributed by atoms with Gasteiger partial charge in [-0.1, -0.05) is 26.0 Å². The summed E-state index contributed by atoms with van der Waals surface area (Å²) in [6.45, 7) is 3.69. The number of carbonyl (C=O) groups is 1. The first-order valence-corrected chi connectivity index (χ1v) is 10.3. The Hall–Kier alpha value is -3.07. The van der Waals surface area contributed by atoms with E-state index in [9.17, 15) is 24.3 Å². The summed E-state index contributed by atoms with van der Waals surface area (Å²) in [6, 6.07) is 7.31. The van der Waals surface area contributed by atoms with Crippen LogP contribution < -0.4 is 10.6 Å². The van der Waals surface area contributed by atoms with Crippen molar-refractivity contribution in [1.29, 1.82) is 0 Å². The van der Waals surface area contributed by atoms with Gasteiger partial charge in [-0.3, -0.25) is 9.36 Å². The third-order valence-electron chi connectivity index (χ3n) is 4.26. The average molecular weight is 417 g/mol. The number of hydrogen-bond donors (Lipinski definition) is 4. The van der Waals surface area contributed by atoms with Crippen LogP contribution in [0.25, 0.3) is 5.95 Å². The summed E-state index contributed by atoms with van der Waals surface area (Å²) in [5, 5.41) is 16.6. The van der Waals surface area contributed by atoms with Crippen molar-refractivity contribution in [3.8, 4) is 11.8 Å². The number of anilines is 1. The van der Waals surface area contributed by atoms with Crippen LogP contribution in [-0.4, -0.2) is 40.5 Å². The van der Waals surface area contributed by atoms with Crippen molar-refractivity contribution >= 4 is 24.5 Å². The van der Waals surface area contributed by atoms with Gasteiger partial charge in [0.2, 0.25) is 11.8 Å². The summed E-state index contributed by atoms with van der Waals surface area (Å²) in [4.78, 5) is 39.3. The van der Waals surface area contributed by atoms with Crippen LogP contribution in [0.5, 0.6) is 5.88 Å². The largest absolute Gasteiger partial charge is 0.492 e. The van der Waals surface area contributed by atoms with Crippen LogP contribution in [0.2, 0.25) is 0 Å². The normalized spacial score (nSPS) is 12.7. The van der Waals surface area contributed by atoms with E-state index in [-0.39, 0.29) is 22.9 Å². The second-order valence-electron chi connectivity index (χ2n) is 6.70. The van der Waals surface area contributed by atoms with Crippen molar-refractivity contribution in [2.45, 2.75) is 19.8 Å². The van der Waals surface area contributed by atoms with Gasteiger partial charge in [-0.25, -0.2) is 9.67 Å². The lowest BCUT2D eigenvalue weighted by Gasteiger charge is -2.21. The Labute approximate surface area is 166 Å². The highest BCUT2D eigenvalue weighted by atomic mass is 31.2. The summed E-state index contributed by atoms with van der Waals surface area (Å²) >= 11 is 0. The fraction of sp³-hybridized carbons (Fsp3) is 0.222. The van der Waals surface area contributed by atoms with E-state index < -0.39 is 25.3 Å². The predicted molar refractivity (Wildman–Crippen MR) is 105 cm³/mol. The molecule has 1 unspecified atom stereocenters. The maximum absolute atomic E-state index is 12.9. The molecule has 0 aliphatic rings. The van der Waals surface area contributed by atoms with E-state index >= 15 is 0 Å². The number of nitrogens with one attached hydrogen (secondary N) is 1. The maximum atomic E-state index is 12.9. The minimum absolute atomic E-state index is 0.0448. The molecule has 0 aliphatic heterocycles. The van der Waals surface area contributed by atoms with Crippen LogP contribution in [0.4, 0.5) is 5.69 Å². The smallest absolute Gasteiger partial charge is 0.356 e. The molecule has 0 aliphatic carbocycles. The molecule has 0 bridgehead atoms. The van der Waals surface area contributed by atoms with Crippen LogP contribution in [0.15, 0.2) is 48.9 Å². The van der Waals surface area contributed by atoms with Crippen molar-refractivity contribution in [2.24, 2.45) is 5.92 Å². The van der Waals surface area contributed by atoms with Crippen LogP contribution in [0.1, 0.15) is 25.3 Å². The lowest BCUT2D eigenvalue weighted by atomic mass is 9.87. The molecule has 11 heteroatoms. The number of benzene rings is 1. The summed E-state index contributed by atoms with van der Waals surface area (Å²) in [6.07, 6.45) is 4.44. The minimum atomic E-state index is -4.36. The third kappa shape index (κ3) is 4.68.